The van der Waals surface area contributed by atoms with E-state index in [2.05, 4.69) is 17.2 Å². The maximum Gasteiger partial charge on any atom is 0.319 e. The van der Waals surface area contributed by atoms with Gasteiger partial charge in [-0.25, -0.2) is 4.79 Å². The molecule has 2 N–H and O–H groups in total. The third-order valence-corrected chi connectivity index (χ3v) is 4.04. The maximum atomic E-state index is 12.8. The number of amides is 2. The maximum absolute atomic E-state index is 12.8. The number of halogens is 1. The fraction of sp³-hybridized carbons (Fsp3) is 0.474. The van der Waals surface area contributed by atoms with Crippen LogP contribution in [-0.2, 0) is 9.53 Å². The van der Waals surface area contributed by atoms with Crippen LogP contribution in [0.25, 0.3) is 0 Å². The lowest BCUT2D eigenvalue weighted by Crippen LogP contribution is -2.51. The van der Waals surface area contributed by atoms with Crippen LogP contribution >= 0.6 is 11.6 Å². The number of benzene rings is 1. The molecule has 2 atom stereocenters. The summed E-state index contributed by atoms with van der Waals surface area (Å²) in [7, 11) is 1.49. The zero-order valence-electron chi connectivity index (χ0n) is 16.1. The number of hydrogen-bond acceptors (Lipinski definition) is 5. The van der Waals surface area contributed by atoms with E-state index in [-0.39, 0.29) is 5.70 Å². The summed E-state index contributed by atoms with van der Waals surface area (Å²) < 4.78 is 16.6. The Hall–Kier alpha value is -2.41. The molecule has 0 bridgehead atoms. The van der Waals surface area contributed by atoms with Crippen molar-refractivity contribution in [1.29, 1.82) is 0 Å². The van der Waals surface area contributed by atoms with Crippen LogP contribution in [0.1, 0.15) is 39.3 Å². The Morgan fingerprint density at radius 3 is 2.56 bits per heavy atom. The Labute approximate surface area is 164 Å². The Bertz CT molecular complexity index is 757. The fourth-order valence-corrected chi connectivity index (χ4v) is 3.07. The van der Waals surface area contributed by atoms with Crippen LogP contribution in [0.5, 0.6) is 11.5 Å². The highest BCUT2D eigenvalue weighted by Crippen LogP contribution is 2.42. The molecule has 0 radical (unpaired) electrons. The minimum absolute atomic E-state index is 0.236. The lowest BCUT2D eigenvalue weighted by atomic mass is 9.88. The number of esters is 1. The lowest BCUT2D eigenvalue weighted by molar-refractivity contribution is -0.159. The Balaban J connectivity index is 2.57. The van der Waals surface area contributed by atoms with Crippen molar-refractivity contribution < 1.29 is 23.8 Å². The summed E-state index contributed by atoms with van der Waals surface area (Å²) in [5.41, 5.74) is 0.0467. The summed E-state index contributed by atoms with van der Waals surface area (Å²) in [6.07, 6.45) is 0. The molecule has 0 unspecified atom stereocenters. The van der Waals surface area contributed by atoms with Gasteiger partial charge in [0.2, 0.25) is 0 Å². The molecule has 0 aromatic heterocycles. The Kier molecular flexibility index (Phi) is 6.26. The number of nitrogens with one attached hydrogen (secondary N) is 2. The molecule has 7 nitrogen and oxygen atoms in total. The van der Waals surface area contributed by atoms with Gasteiger partial charge in [-0.05, 0) is 33.8 Å². The molecular formula is C19H25ClN2O5. The summed E-state index contributed by atoms with van der Waals surface area (Å²) in [6, 6.07) is 1.98. The van der Waals surface area contributed by atoms with Crippen LogP contribution in [-0.4, -0.2) is 31.3 Å². The summed E-state index contributed by atoms with van der Waals surface area (Å²) >= 11 is 6.22. The highest BCUT2D eigenvalue weighted by atomic mass is 35.5. The third-order valence-electron chi connectivity index (χ3n) is 3.82. The van der Waals surface area contributed by atoms with E-state index < -0.39 is 29.6 Å². The predicted octanol–water partition coefficient (Wildman–Crippen LogP) is 3.57. The predicted molar refractivity (Wildman–Crippen MR) is 102 cm³/mol. The van der Waals surface area contributed by atoms with Crippen LogP contribution in [0.15, 0.2) is 24.4 Å². The van der Waals surface area contributed by atoms with Gasteiger partial charge in [0.1, 0.15) is 11.5 Å². The van der Waals surface area contributed by atoms with Crippen molar-refractivity contribution in [1.82, 2.24) is 10.6 Å². The number of methoxy groups -OCH3 is 1. The van der Waals surface area contributed by atoms with Gasteiger partial charge in [-0.2, -0.15) is 0 Å². The quantitative estimate of drug-likeness (QED) is 0.743. The number of rotatable bonds is 5. The number of carbonyl (C=O) groups excluding carboxylic acids is 2. The molecule has 0 aliphatic carbocycles. The van der Waals surface area contributed by atoms with E-state index in [1.807, 2.05) is 6.92 Å². The van der Waals surface area contributed by atoms with Crippen molar-refractivity contribution in [3.8, 4) is 11.5 Å². The van der Waals surface area contributed by atoms with E-state index in [9.17, 15) is 9.59 Å². The zero-order valence-corrected chi connectivity index (χ0v) is 16.9. The second kappa shape index (κ2) is 8.08. The molecule has 1 aliphatic rings. The highest BCUT2D eigenvalue weighted by Gasteiger charge is 2.42. The molecule has 1 heterocycles. The topological polar surface area (TPSA) is 85.9 Å². The first-order chi connectivity index (χ1) is 12.6. The third kappa shape index (κ3) is 4.86. The smallest absolute Gasteiger partial charge is 0.319 e. The molecule has 0 spiro atoms. The molecule has 2 amide bonds. The first kappa shape index (κ1) is 20.9. The molecule has 148 valence electrons. The van der Waals surface area contributed by atoms with Gasteiger partial charge in [0.05, 0.1) is 19.8 Å². The normalized spacial score (nSPS) is 19.8. The average Bonchev–Trinajstić information content (AvgIpc) is 2.53. The van der Waals surface area contributed by atoms with Crippen molar-refractivity contribution in [2.45, 2.75) is 39.3 Å². The highest BCUT2D eigenvalue weighted by molar-refractivity contribution is 6.30. The molecule has 2 rings (SSSR count). The van der Waals surface area contributed by atoms with Crippen molar-refractivity contribution >= 4 is 23.6 Å². The van der Waals surface area contributed by atoms with E-state index in [0.717, 1.165) is 0 Å². The van der Waals surface area contributed by atoms with Crippen molar-refractivity contribution in [3.05, 3.63) is 35.0 Å². The van der Waals surface area contributed by atoms with E-state index in [4.69, 9.17) is 25.8 Å². The van der Waals surface area contributed by atoms with E-state index >= 15 is 0 Å². The zero-order chi connectivity index (χ0) is 20.4. The average molecular weight is 397 g/mol. The van der Waals surface area contributed by atoms with Gasteiger partial charge in [0.25, 0.3) is 0 Å². The van der Waals surface area contributed by atoms with Crippen LogP contribution in [0, 0.1) is 5.92 Å². The second-order valence-corrected chi connectivity index (χ2v) is 7.51. The number of hydrogen-bond donors (Lipinski definition) is 2. The summed E-state index contributed by atoms with van der Waals surface area (Å²) in [5.74, 6) is -0.589. The number of ether oxygens (including phenoxy) is 3. The van der Waals surface area contributed by atoms with Crippen molar-refractivity contribution in [3.63, 3.8) is 0 Å². The standard InChI is InChI=1S/C19H25ClN2O5/c1-7-26-16-12(8-11(20)9-13(16)25-6)15-14(10(2)21-18(24)22-15)17(23)27-19(3,4)5/h8-9,14-15H,2,7H2,1,3-6H3,(H2,21,22,24)/t14-,15+/m0/s1. The van der Waals surface area contributed by atoms with Crippen molar-refractivity contribution in [2.75, 3.05) is 13.7 Å². The van der Waals surface area contributed by atoms with Gasteiger partial charge in [-0.15, -0.1) is 0 Å². The first-order valence-corrected chi connectivity index (χ1v) is 8.94. The van der Waals surface area contributed by atoms with Crippen LogP contribution in [0.4, 0.5) is 4.79 Å². The summed E-state index contributed by atoms with van der Waals surface area (Å²) in [4.78, 5) is 24.9. The van der Waals surface area contributed by atoms with Gasteiger partial charge in [-0.3, -0.25) is 4.79 Å². The van der Waals surface area contributed by atoms with E-state index in [0.29, 0.717) is 28.7 Å². The van der Waals surface area contributed by atoms with Crippen molar-refractivity contribution in [2.24, 2.45) is 5.92 Å². The first-order valence-electron chi connectivity index (χ1n) is 8.56. The minimum atomic E-state index is -0.871. The van der Waals surface area contributed by atoms with Crippen LogP contribution in [0.3, 0.4) is 0 Å². The fourth-order valence-electron chi connectivity index (χ4n) is 2.86. The monoisotopic (exact) mass is 396 g/mol. The number of carbonyl (C=O) groups is 2. The van der Waals surface area contributed by atoms with Gasteiger partial charge < -0.3 is 24.8 Å². The van der Waals surface area contributed by atoms with Crippen LogP contribution < -0.4 is 20.1 Å². The van der Waals surface area contributed by atoms with Gasteiger partial charge in [0, 0.05) is 22.3 Å². The van der Waals surface area contributed by atoms with Gasteiger partial charge in [0.15, 0.2) is 11.5 Å². The Morgan fingerprint density at radius 1 is 1.33 bits per heavy atom. The molecule has 1 aliphatic heterocycles. The molecule has 1 aromatic rings. The van der Waals surface area contributed by atoms with Gasteiger partial charge >= 0.3 is 12.0 Å². The largest absolute Gasteiger partial charge is 0.493 e. The van der Waals surface area contributed by atoms with Gasteiger partial charge in [-0.1, -0.05) is 18.2 Å². The van der Waals surface area contributed by atoms with E-state index in [1.165, 1.54) is 7.11 Å². The molecular weight excluding hydrogens is 372 g/mol. The molecule has 27 heavy (non-hydrogen) atoms. The summed E-state index contributed by atoms with van der Waals surface area (Å²) in [6.45, 7) is 11.3. The SMILES string of the molecule is C=C1NC(=O)N[C@H](c2cc(Cl)cc(OC)c2OCC)[C@H]1C(=O)OC(C)(C)C. The summed E-state index contributed by atoms with van der Waals surface area (Å²) in [5, 5.41) is 5.67. The second-order valence-electron chi connectivity index (χ2n) is 7.07. The molecule has 8 heteroatoms. The van der Waals surface area contributed by atoms with Crippen LogP contribution in [0.2, 0.25) is 5.02 Å². The Morgan fingerprint density at radius 2 is 2.00 bits per heavy atom. The minimum Gasteiger partial charge on any atom is -0.493 e. The molecule has 1 saturated heterocycles. The lowest BCUT2D eigenvalue weighted by Gasteiger charge is -2.35. The van der Waals surface area contributed by atoms with E-state index in [1.54, 1.807) is 32.9 Å². The molecule has 0 saturated carbocycles. The molecule has 1 fully saturated rings. The molecule has 1 aromatic carbocycles. The number of urea groups is 1.